The summed E-state index contributed by atoms with van der Waals surface area (Å²) in [5.41, 5.74) is -0.259. The van der Waals surface area contributed by atoms with Gasteiger partial charge in [-0.15, -0.1) is 0 Å². The number of aromatic nitrogens is 2. The lowest BCUT2D eigenvalue weighted by molar-refractivity contribution is -0.140. The predicted octanol–water partition coefficient (Wildman–Crippen LogP) is 4.50. The molecule has 0 saturated heterocycles. The normalized spacial score (nSPS) is 17.2. The van der Waals surface area contributed by atoms with Gasteiger partial charge in [-0.3, -0.25) is 9.78 Å². The minimum atomic E-state index is -4.40. The lowest BCUT2D eigenvalue weighted by Crippen LogP contribution is -2.38. The smallest absolute Gasteiger partial charge is 0.416 e. The molecule has 1 aliphatic rings. The molecule has 0 aliphatic heterocycles. The van der Waals surface area contributed by atoms with Crippen molar-refractivity contribution in [2.24, 2.45) is 0 Å². The van der Waals surface area contributed by atoms with E-state index < -0.39 is 17.4 Å². The van der Waals surface area contributed by atoms with E-state index in [0.717, 1.165) is 29.7 Å². The topological polar surface area (TPSA) is 53.4 Å². The summed E-state index contributed by atoms with van der Waals surface area (Å²) in [5.74, 6) is -0.365. The number of rotatable bonds is 7. The molecule has 2 aromatic heterocycles. The summed E-state index contributed by atoms with van der Waals surface area (Å²) in [4.78, 5) is 16.4. The van der Waals surface area contributed by atoms with E-state index in [2.05, 4.69) is 4.98 Å². The van der Waals surface area contributed by atoms with Gasteiger partial charge in [0.15, 0.2) is 0 Å². The van der Waals surface area contributed by atoms with Gasteiger partial charge in [-0.25, -0.2) is 4.39 Å². The van der Waals surface area contributed by atoms with Gasteiger partial charge in [0.1, 0.15) is 17.7 Å². The maximum atomic E-state index is 14.6. The number of ether oxygens (including phenoxy) is 1. The van der Waals surface area contributed by atoms with Gasteiger partial charge < -0.3 is 9.02 Å². The molecule has 2 heterocycles. The molecule has 0 fully saturated rings. The van der Waals surface area contributed by atoms with Crippen LogP contribution in [0.3, 0.4) is 0 Å². The number of alkyl halides is 4. The van der Waals surface area contributed by atoms with Crippen LogP contribution in [0.25, 0.3) is 23.3 Å². The van der Waals surface area contributed by atoms with E-state index in [1.165, 1.54) is 37.0 Å². The van der Waals surface area contributed by atoms with E-state index in [0.29, 0.717) is 33.0 Å². The van der Waals surface area contributed by atoms with Crippen LogP contribution in [0.4, 0.5) is 17.6 Å². The first-order valence-electron chi connectivity index (χ1n) is 10.7. The molecule has 3 aromatic rings. The van der Waals surface area contributed by atoms with Gasteiger partial charge in [0.25, 0.3) is 0 Å². The fourth-order valence-corrected chi connectivity index (χ4v) is 4.31. The van der Waals surface area contributed by atoms with Crippen LogP contribution in [-0.2, 0) is 22.1 Å². The fraction of sp³-hybridized carbons (Fsp3) is 0.280. The fourth-order valence-electron chi connectivity index (χ4n) is 3.74. The molecule has 1 unspecified atom stereocenters. The molecular weight excluding hydrogens is 484 g/mol. The second-order valence-corrected chi connectivity index (χ2v) is 9.12. The predicted molar refractivity (Wildman–Crippen MR) is 124 cm³/mol. The minimum absolute atomic E-state index is 0.149. The third-order valence-electron chi connectivity index (χ3n) is 5.57. The number of fused-ring (bicyclic) bond motifs is 1. The monoisotopic (exact) mass is 506 g/mol. The quantitative estimate of drug-likeness (QED) is 0.268. The Balaban J connectivity index is 1.55. The van der Waals surface area contributed by atoms with E-state index in [-0.39, 0.29) is 18.8 Å². The summed E-state index contributed by atoms with van der Waals surface area (Å²) in [6.45, 7) is 1.49. The van der Waals surface area contributed by atoms with Crippen LogP contribution in [0.15, 0.2) is 53.8 Å². The van der Waals surface area contributed by atoms with Crippen molar-refractivity contribution in [1.82, 2.24) is 9.71 Å². The Morgan fingerprint density at radius 3 is 2.63 bits per heavy atom. The number of aryl methyl sites for hydroxylation is 1. The van der Waals surface area contributed by atoms with E-state index in [9.17, 15) is 22.4 Å². The van der Waals surface area contributed by atoms with Crippen LogP contribution in [0.5, 0.6) is 0 Å². The van der Waals surface area contributed by atoms with Crippen LogP contribution < -0.4 is 14.9 Å². The highest BCUT2D eigenvalue weighted by molar-refractivity contribution is 7.94. The first-order chi connectivity index (χ1) is 16.6. The van der Waals surface area contributed by atoms with Crippen molar-refractivity contribution >= 4 is 30.2 Å². The standard InChI is InChI=1S/C25H22F4N2O3S/c1-24(26)10-9-22-21(12-24)17(5-8-23(32)33-2)15-31(22)34-35-20-11-18(13-30-14-20)16-3-6-19(7-4-16)25(27,28)29/h3-4,6-7,9,11-15H,5,8,10H2,1-2H3. The number of halogens is 4. The summed E-state index contributed by atoms with van der Waals surface area (Å²) >= 11 is 1.01. The summed E-state index contributed by atoms with van der Waals surface area (Å²) in [7, 11) is 1.31. The highest BCUT2D eigenvalue weighted by Crippen LogP contribution is 2.31. The molecule has 0 bridgehead atoms. The Labute approximate surface area is 203 Å². The van der Waals surface area contributed by atoms with Crippen LogP contribution in [0.2, 0.25) is 0 Å². The van der Waals surface area contributed by atoms with Gasteiger partial charge in [0.05, 0.1) is 22.9 Å². The Morgan fingerprint density at radius 2 is 1.94 bits per heavy atom. The Morgan fingerprint density at radius 1 is 1.20 bits per heavy atom. The maximum Gasteiger partial charge on any atom is 0.416 e. The second kappa shape index (κ2) is 9.77. The van der Waals surface area contributed by atoms with Crippen LogP contribution in [0, 0.1) is 0 Å². The summed E-state index contributed by atoms with van der Waals surface area (Å²) in [5, 5.41) is 1.35. The van der Waals surface area contributed by atoms with Crippen LogP contribution in [0.1, 0.15) is 30.9 Å². The van der Waals surface area contributed by atoms with Gasteiger partial charge in [0.2, 0.25) is 0 Å². The van der Waals surface area contributed by atoms with Gasteiger partial charge in [-0.05, 0) is 48.7 Å². The maximum absolute atomic E-state index is 14.6. The van der Waals surface area contributed by atoms with Crippen molar-refractivity contribution in [1.29, 1.82) is 0 Å². The lowest BCUT2D eigenvalue weighted by atomic mass is 9.97. The molecule has 0 amide bonds. The number of nitrogens with zero attached hydrogens (tertiary/aromatic N) is 2. The van der Waals surface area contributed by atoms with Crippen molar-refractivity contribution in [2.45, 2.75) is 42.9 Å². The van der Waals surface area contributed by atoms with Crippen molar-refractivity contribution in [3.8, 4) is 11.1 Å². The molecular formula is C25H22F4N2O3S. The van der Waals surface area contributed by atoms with Gasteiger partial charge in [-0.2, -0.15) is 17.9 Å². The molecule has 35 heavy (non-hydrogen) atoms. The highest BCUT2D eigenvalue weighted by Gasteiger charge is 2.30. The lowest BCUT2D eigenvalue weighted by Gasteiger charge is -2.16. The van der Waals surface area contributed by atoms with Crippen molar-refractivity contribution in [3.05, 3.63) is 70.6 Å². The molecule has 5 nitrogen and oxygen atoms in total. The van der Waals surface area contributed by atoms with E-state index in [4.69, 9.17) is 9.02 Å². The Kier molecular flexibility index (Phi) is 6.93. The Hall–Kier alpha value is -3.27. The SMILES string of the molecule is COC(=O)CCc1cn(OSc2cncc(-c3ccc(C(F)(F)F)cc3)c2)c2c1=CC(C)(F)CC=2. The first kappa shape index (κ1) is 24.8. The Bertz CT molecular complexity index is 1350. The third kappa shape index (κ3) is 5.87. The average Bonchev–Trinajstić information content (AvgIpc) is 3.16. The highest BCUT2D eigenvalue weighted by atomic mass is 32.2. The molecule has 0 saturated carbocycles. The van der Waals surface area contributed by atoms with Crippen LogP contribution in [-0.4, -0.2) is 28.5 Å². The van der Waals surface area contributed by atoms with Gasteiger partial charge in [0, 0.05) is 42.2 Å². The molecule has 1 aliphatic carbocycles. The molecule has 0 radical (unpaired) electrons. The molecule has 184 valence electrons. The van der Waals surface area contributed by atoms with Crippen LogP contribution >= 0.6 is 12.0 Å². The number of hydrogen-bond acceptors (Lipinski definition) is 5. The number of esters is 1. The number of carbonyl (C=O) groups excluding carboxylic acids is 1. The third-order valence-corrected chi connectivity index (χ3v) is 6.22. The van der Waals surface area contributed by atoms with Gasteiger partial charge in [-0.1, -0.05) is 18.2 Å². The number of carbonyl (C=O) groups is 1. The van der Waals surface area contributed by atoms with E-state index in [1.54, 1.807) is 30.7 Å². The summed E-state index contributed by atoms with van der Waals surface area (Å²) < 4.78 is 65.3. The molecule has 4 rings (SSSR count). The number of hydrogen-bond donors (Lipinski definition) is 0. The summed E-state index contributed by atoms with van der Waals surface area (Å²) in [6, 6.07) is 6.59. The molecule has 10 heteroatoms. The number of benzene rings is 1. The molecule has 0 N–H and O–H groups in total. The first-order valence-corrected chi connectivity index (χ1v) is 11.5. The zero-order valence-electron chi connectivity index (χ0n) is 18.9. The molecule has 1 aromatic carbocycles. The molecule has 0 spiro atoms. The largest absolute Gasteiger partial charge is 0.469 e. The van der Waals surface area contributed by atoms with Gasteiger partial charge >= 0.3 is 12.1 Å². The zero-order valence-corrected chi connectivity index (χ0v) is 19.8. The van der Waals surface area contributed by atoms with E-state index >= 15 is 0 Å². The second-order valence-electron chi connectivity index (χ2n) is 8.33. The molecule has 1 atom stereocenters. The minimum Gasteiger partial charge on any atom is -0.469 e. The van der Waals surface area contributed by atoms with Crippen molar-refractivity contribution in [2.75, 3.05) is 7.11 Å². The number of methoxy groups -OCH3 is 1. The van der Waals surface area contributed by atoms with Crippen molar-refractivity contribution in [3.63, 3.8) is 0 Å². The number of pyridine rings is 1. The zero-order chi connectivity index (χ0) is 25.2. The van der Waals surface area contributed by atoms with E-state index in [1.807, 2.05) is 0 Å². The average molecular weight is 507 g/mol. The summed E-state index contributed by atoms with van der Waals surface area (Å²) in [6.07, 6.45) is 4.41. The van der Waals surface area contributed by atoms with Crippen molar-refractivity contribution < 1.29 is 31.4 Å².